The van der Waals surface area contributed by atoms with Gasteiger partial charge in [-0.3, -0.25) is 9.59 Å². The average molecular weight is 382 g/mol. The van der Waals surface area contributed by atoms with Gasteiger partial charge in [-0.05, 0) is 44.2 Å². The first kappa shape index (κ1) is 17.9. The number of nitrogens with one attached hydrogen (secondary N) is 2. The molecule has 1 aromatic carbocycles. The summed E-state index contributed by atoms with van der Waals surface area (Å²) in [6, 6.07) is 6.04. The Morgan fingerprint density at radius 2 is 2.22 bits per heavy atom. The van der Waals surface area contributed by atoms with Crippen molar-refractivity contribution in [1.82, 2.24) is 10.6 Å². The Bertz CT molecular complexity index is 591. The van der Waals surface area contributed by atoms with E-state index in [1.807, 2.05) is 39.0 Å². The summed E-state index contributed by atoms with van der Waals surface area (Å²) in [6.45, 7) is 7.94. The second-order valence-corrected chi connectivity index (χ2v) is 6.90. The third-order valence-electron chi connectivity index (χ3n) is 4.08. The van der Waals surface area contributed by atoms with Crippen LogP contribution in [0.15, 0.2) is 22.7 Å². The summed E-state index contributed by atoms with van der Waals surface area (Å²) in [4.78, 5) is 26.2. The third-order valence-corrected chi connectivity index (χ3v) is 4.97. The fourth-order valence-electron chi connectivity index (χ4n) is 2.75. The van der Waals surface area contributed by atoms with Gasteiger partial charge in [-0.1, -0.05) is 22.9 Å². The van der Waals surface area contributed by atoms with E-state index in [1.165, 1.54) is 0 Å². The maximum atomic E-state index is 12.3. The van der Waals surface area contributed by atoms with Crippen LogP contribution in [0.25, 0.3) is 0 Å². The summed E-state index contributed by atoms with van der Waals surface area (Å²) in [5, 5.41) is 6.18. The van der Waals surface area contributed by atoms with Crippen LogP contribution in [0.2, 0.25) is 0 Å². The molecule has 2 amide bonds. The van der Waals surface area contributed by atoms with Crippen molar-refractivity contribution in [1.29, 1.82) is 0 Å². The monoisotopic (exact) mass is 381 g/mol. The van der Waals surface area contributed by atoms with E-state index in [1.54, 1.807) is 4.90 Å². The van der Waals surface area contributed by atoms with Crippen molar-refractivity contribution in [3.63, 3.8) is 0 Å². The molecule has 5 nitrogen and oxygen atoms in total. The lowest BCUT2D eigenvalue weighted by molar-refractivity contribution is -0.126. The van der Waals surface area contributed by atoms with E-state index in [-0.39, 0.29) is 30.2 Å². The maximum absolute atomic E-state index is 12.3. The molecule has 1 aliphatic rings. The first-order valence-electron chi connectivity index (χ1n) is 8.00. The number of carbonyl (C=O) groups excluding carboxylic acids is 2. The Kier molecular flexibility index (Phi) is 6.18. The topological polar surface area (TPSA) is 61.4 Å². The molecule has 2 atom stereocenters. The highest BCUT2D eigenvalue weighted by atomic mass is 79.9. The molecule has 0 spiro atoms. The minimum Gasteiger partial charge on any atom is -0.354 e. The van der Waals surface area contributed by atoms with Crippen LogP contribution in [0.1, 0.15) is 25.8 Å². The lowest BCUT2D eigenvalue weighted by Gasteiger charge is -2.18. The average Bonchev–Trinajstić information content (AvgIpc) is 2.90. The van der Waals surface area contributed by atoms with Gasteiger partial charge in [-0.15, -0.1) is 0 Å². The lowest BCUT2D eigenvalue weighted by Crippen LogP contribution is -2.41. The molecular weight excluding hydrogens is 358 g/mol. The predicted molar refractivity (Wildman–Crippen MR) is 95.5 cm³/mol. The maximum Gasteiger partial charge on any atom is 0.227 e. The van der Waals surface area contributed by atoms with Crippen LogP contribution in [0.3, 0.4) is 0 Å². The van der Waals surface area contributed by atoms with Gasteiger partial charge in [0.2, 0.25) is 11.8 Å². The van der Waals surface area contributed by atoms with Crippen molar-refractivity contribution in [2.24, 2.45) is 5.92 Å². The highest BCUT2D eigenvalue weighted by Gasteiger charge is 2.35. The van der Waals surface area contributed by atoms with Gasteiger partial charge in [-0.25, -0.2) is 0 Å². The molecule has 2 N–H and O–H groups in total. The normalized spacial score (nSPS) is 19.0. The first-order valence-corrected chi connectivity index (χ1v) is 8.79. The molecule has 0 aromatic heterocycles. The largest absolute Gasteiger partial charge is 0.354 e. The molecule has 0 radical (unpaired) electrons. The second kappa shape index (κ2) is 7.93. The molecule has 1 unspecified atom stereocenters. The predicted octanol–water partition coefficient (Wildman–Crippen LogP) is 2.22. The lowest BCUT2D eigenvalue weighted by atomic mass is 10.1. The zero-order chi connectivity index (χ0) is 17.0. The van der Waals surface area contributed by atoms with Gasteiger partial charge < -0.3 is 15.5 Å². The number of aryl methyl sites for hydroxylation is 1. The molecule has 1 aliphatic heterocycles. The van der Waals surface area contributed by atoms with Crippen LogP contribution in [-0.4, -0.2) is 37.5 Å². The Balaban J connectivity index is 1.96. The summed E-state index contributed by atoms with van der Waals surface area (Å²) in [5.74, 6) is -0.314. The van der Waals surface area contributed by atoms with Gasteiger partial charge in [-0.2, -0.15) is 0 Å². The molecule has 6 heteroatoms. The number of likely N-dealkylation sites (N-methyl/N-ethyl adjacent to an activating group) is 1. The molecule has 23 heavy (non-hydrogen) atoms. The number of rotatable bonds is 6. The summed E-state index contributed by atoms with van der Waals surface area (Å²) < 4.78 is 1.01. The molecule has 0 bridgehead atoms. The van der Waals surface area contributed by atoms with E-state index in [9.17, 15) is 9.59 Å². The Morgan fingerprint density at radius 3 is 2.87 bits per heavy atom. The number of hydrogen-bond acceptors (Lipinski definition) is 3. The van der Waals surface area contributed by atoms with Crippen molar-refractivity contribution in [3.8, 4) is 0 Å². The van der Waals surface area contributed by atoms with Crippen LogP contribution in [0, 0.1) is 12.8 Å². The molecule has 0 saturated carbocycles. The molecule has 1 saturated heterocycles. The molecule has 0 aliphatic carbocycles. The minimum atomic E-state index is -0.278. The summed E-state index contributed by atoms with van der Waals surface area (Å²) in [6.07, 6.45) is 0.274. The fraction of sp³-hybridized carbons (Fsp3) is 0.529. The van der Waals surface area contributed by atoms with E-state index in [0.717, 1.165) is 22.3 Å². The number of carbonyl (C=O) groups is 2. The van der Waals surface area contributed by atoms with E-state index >= 15 is 0 Å². The quantitative estimate of drug-likeness (QED) is 0.793. The van der Waals surface area contributed by atoms with E-state index in [0.29, 0.717) is 13.1 Å². The number of hydrogen-bond donors (Lipinski definition) is 2. The summed E-state index contributed by atoms with van der Waals surface area (Å²) >= 11 is 3.46. The second-order valence-electron chi connectivity index (χ2n) is 6.04. The molecule has 126 valence electrons. The van der Waals surface area contributed by atoms with Crippen LogP contribution < -0.4 is 15.5 Å². The number of halogens is 1. The summed E-state index contributed by atoms with van der Waals surface area (Å²) in [5.41, 5.74) is 1.93. The van der Waals surface area contributed by atoms with Crippen molar-refractivity contribution < 1.29 is 9.59 Å². The van der Waals surface area contributed by atoms with Gasteiger partial charge in [0.25, 0.3) is 0 Å². The molecule has 1 aromatic rings. The molecule has 1 heterocycles. The number of anilines is 1. The van der Waals surface area contributed by atoms with Gasteiger partial charge in [0.15, 0.2) is 0 Å². The van der Waals surface area contributed by atoms with Gasteiger partial charge in [0.1, 0.15) is 0 Å². The molecule has 2 rings (SSSR count). The van der Waals surface area contributed by atoms with Crippen LogP contribution >= 0.6 is 15.9 Å². The highest BCUT2D eigenvalue weighted by molar-refractivity contribution is 9.10. The SMILES string of the molecule is CCN[C@H](C)CNC(=O)C1CC(=O)N(c2ccc(Br)c(C)c2)C1. The number of benzene rings is 1. The fourth-order valence-corrected chi connectivity index (χ4v) is 2.99. The molecule has 1 fully saturated rings. The Hall–Kier alpha value is -1.40. The van der Waals surface area contributed by atoms with Gasteiger partial charge >= 0.3 is 0 Å². The molecular formula is C17H24BrN3O2. The Morgan fingerprint density at radius 1 is 1.48 bits per heavy atom. The van der Waals surface area contributed by atoms with Gasteiger partial charge in [0.05, 0.1) is 5.92 Å². The highest BCUT2D eigenvalue weighted by Crippen LogP contribution is 2.28. The zero-order valence-corrected chi connectivity index (χ0v) is 15.4. The third kappa shape index (κ3) is 4.54. The van der Waals surface area contributed by atoms with Crippen LogP contribution in [0.5, 0.6) is 0 Å². The smallest absolute Gasteiger partial charge is 0.227 e. The first-order chi connectivity index (χ1) is 10.9. The van der Waals surface area contributed by atoms with Crippen molar-refractivity contribution in [3.05, 3.63) is 28.2 Å². The van der Waals surface area contributed by atoms with Crippen molar-refractivity contribution >= 4 is 33.4 Å². The van der Waals surface area contributed by atoms with Gasteiger partial charge in [0, 0.05) is 35.7 Å². The number of nitrogens with zero attached hydrogens (tertiary/aromatic N) is 1. The van der Waals surface area contributed by atoms with E-state index in [2.05, 4.69) is 26.6 Å². The van der Waals surface area contributed by atoms with Crippen molar-refractivity contribution in [2.75, 3.05) is 24.5 Å². The standard InChI is InChI=1S/C17H24BrN3O2/c1-4-19-12(3)9-20-17(23)13-8-16(22)21(10-13)14-5-6-15(18)11(2)7-14/h5-7,12-13,19H,4,8-10H2,1-3H3,(H,20,23)/t12-,13?/m1/s1. The zero-order valence-electron chi connectivity index (χ0n) is 13.9. The minimum absolute atomic E-state index is 0.00611. The summed E-state index contributed by atoms with van der Waals surface area (Å²) in [7, 11) is 0. The van der Waals surface area contributed by atoms with Crippen LogP contribution in [-0.2, 0) is 9.59 Å². The van der Waals surface area contributed by atoms with Crippen molar-refractivity contribution in [2.45, 2.75) is 33.2 Å². The van der Waals surface area contributed by atoms with Crippen LogP contribution in [0.4, 0.5) is 5.69 Å². The Labute approximate surface area is 145 Å². The van der Waals surface area contributed by atoms with E-state index in [4.69, 9.17) is 0 Å². The van der Waals surface area contributed by atoms with E-state index < -0.39 is 0 Å². The number of amides is 2.